The Morgan fingerprint density at radius 1 is 0.885 bits per heavy atom. The zero-order chi connectivity index (χ0) is 18.5. The van der Waals surface area contributed by atoms with Crippen molar-refractivity contribution in [3.8, 4) is 5.69 Å². The third-order valence-electron chi connectivity index (χ3n) is 4.75. The SMILES string of the molecule is COC(=O)c1ccc(CCCc2ccccc2)cc1-n1c(C)ccc1C. The van der Waals surface area contributed by atoms with Gasteiger partial charge in [-0.05, 0) is 68.5 Å². The standard InChI is InChI=1S/C23H25NO2/c1-17-12-13-18(2)24(17)22-16-20(14-15-21(22)23(25)26-3)11-7-10-19-8-5-4-6-9-19/h4-6,8-9,12-16H,7,10-11H2,1-3H3. The number of aryl methyl sites for hydroxylation is 4. The van der Waals surface area contributed by atoms with E-state index in [9.17, 15) is 4.79 Å². The molecule has 134 valence electrons. The third kappa shape index (κ3) is 3.88. The molecule has 0 N–H and O–H groups in total. The Hall–Kier alpha value is -2.81. The Kier molecular flexibility index (Phi) is 5.57. The summed E-state index contributed by atoms with van der Waals surface area (Å²) >= 11 is 0. The summed E-state index contributed by atoms with van der Waals surface area (Å²) in [6, 6.07) is 20.7. The minimum atomic E-state index is -0.302. The van der Waals surface area contributed by atoms with Crippen LogP contribution in [0.1, 0.15) is 39.3 Å². The second-order valence-corrected chi connectivity index (χ2v) is 6.63. The highest BCUT2D eigenvalue weighted by Gasteiger charge is 2.16. The molecular weight excluding hydrogens is 322 g/mol. The molecule has 0 aliphatic heterocycles. The van der Waals surface area contributed by atoms with Crippen LogP contribution in [0.15, 0.2) is 60.7 Å². The largest absolute Gasteiger partial charge is 0.465 e. The molecule has 3 heteroatoms. The van der Waals surface area contributed by atoms with Gasteiger partial charge in [0.25, 0.3) is 0 Å². The van der Waals surface area contributed by atoms with E-state index in [-0.39, 0.29) is 5.97 Å². The number of carbonyl (C=O) groups is 1. The van der Waals surface area contributed by atoms with Gasteiger partial charge in [-0.3, -0.25) is 0 Å². The van der Waals surface area contributed by atoms with E-state index in [1.807, 2.05) is 18.2 Å². The number of esters is 1. The molecule has 2 aromatic carbocycles. The molecule has 0 saturated carbocycles. The van der Waals surface area contributed by atoms with Gasteiger partial charge in [0.1, 0.15) is 0 Å². The zero-order valence-electron chi connectivity index (χ0n) is 15.7. The van der Waals surface area contributed by atoms with Crippen molar-refractivity contribution in [1.82, 2.24) is 4.57 Å². The van der Waals surface area contributed by atoms with E-state index in [1.54, 1.807) is 0 Å². The molecular formula is C23H25NO2. The number of aromatic nitrogens is 1. The highest BCUT2D eigenvalue weighted by molar-refractivity contribution is 5.93. The van der Waals surface area contributed by atoms with E-state index < -0.39 is 0 Å². The predicted octanol–water partition coefficient (Wildman–Crippen LogP) is 5.06. The molecule has 0 saturated heterocycles. The maximum absolute atomic E-state index is 12.2. The number of ether oxygens (including phenoxy) is 1. The zero-order valence-corrected chi connectivity index (χ0v) is 15.7. The lowest BCUT2D eigenvalue weighted by atomic mass is 10.0. The first-order valence-corrected chi connectivity index (χ1v) is 9.00. The van der Waals surface area contributed by atoms with Crippen molar-refractivity contribution < 1.29 is 9.53 Å². The van der Waals surface area contributed by atoms with Crippen molar-refractivity contribution in [2.45, 2.75) is 33.1 Å². The van der Waals surface area contributed by atoms with Gasteiger partial charge in [-0.25, -0.2) is 4.79 Å². The van der Waals surface area contributed by atoms with Crippen LogP contribution in [-0.2, 0) is 17.6 Å². The van der Waals surface area contributed by atoms with E-state index in [0.717, 1.165) is 36.3 Å². The normalized spacial score (nSPS) is 10.7. The Bertz CT molecular complexity index is 874. The van der Waals surface area contributed by atoms with Crippen LogP contribution in [-0.4, -0.2) is 17.6 Å². The molecule has 0 radical (unpaired) electrons. The summed E-state index contributed by atoms with van der Waals surface area (Å²) in [6.07, 6.45) is 3.10. The molecule has 3 rings (SSSR count). The maximum atomic E-state index is 12.2. The number of carbonyl (C=O) groups excluding carboxylic acids is 1. The van der Waals surface area contributed by atoms with Gasteiger partial charge in [0.15, 0.2) is 0 Å². The average molecular weight is 347 g/mol. The average Bonchev–Trinajstić information content (AvgIpc) is 3.00. The van der Waals surface area contributed by atoms with Crippen molar-refractivity contribution in [1.29, 1.82) is 0 Å². The Balaban J connectivity index is 1.86. The van der Waals surface area contributed by atoms with Gasteiger partial charge in [0.05, 0.1) is 18.4 Å². The van der Waals surface area contributed by atoms with Crippen molar-refractivity contribution in [3.05, 3.63) is 88.7 Å². The van der Waals surface area contributed by atoms with Gasteiger partial charge < -0.3 is 9.30 Å². The molecule has 0 fully saturated rings. The molecule has 0 bridgehead atoms. The van der Waals surface area contributed by atoms with Gasteiger partial charge in [-0.1, -0.05) is 36.4 Å². The number of hydrogen-bond donors (Lipinski definition) is 0. The van der Waals surface area contributed by atoms with Crippen LogP contribution in [0, 0.1) is 13.8 Å². The summed E-state index contributed by atoms with van der Waals surface area (Å²) in [4.78, 5) is 12.2. The number of hydrogen-bond acceptors (Lipinski definition) is 2. The van der Waals surface area contributed by atoms with E-state index in [2.05, 4.69) is 60.9 Å². The number of nitrogens with zero attached hydrogens (tertiary/aromatic N) is 1. The first kappa shape index (κ1) is 18.0. The molecule has 1 heterocycles. The molecule has 0 atom stereocenters. The minimum absolute atomic E-state index is 0.302. The molecule has 0 aliphatic carbocycles. The fourth-order valence-electron chi connectivity index (χ4n) is 3.39. The molecule has 3 nitrogen and oxygen atoms in total. The van der Waals surface area contributed by atoms with Gasteiger partial charge in [0.2, 0.25) is 0 Å². The lowest BCUT2D eigenvalue weighted by Crippen LogP contribution is -2.10. The van der Waals surface area contributed by atoms with Crippen LogP contribution < -0.4 is 0 Å². The van der Waals surface area contributed by atoms with Crippen molar-refractivity contribution in [2.24, 2.45) is 0 Å². The van der Waals surface area contributed by atoms with Gasteiger partial charge >= 0.3 is 5.97 Å². The van der Waals surface area contributed by atoms with Crippen molar-refractivity contribution >= 4 is 5.97 Å². The van der Waals surface area contributed by atoms with E-state index >= 15 is 0 Å². The second kappa shape index (κ2) is 8.05. The topological polar surface area (TPSA) is 31.2 Å². The number of methoxy groups -OCH3 is 1. The summed E-state index contributed by atoms with van der Waals surface area (Å²) < 4.78 is 7.10. The van der Waals surface area contributed by atoms with E-state index in [4.69, 9.17) is 4.74 Å². The highest BCUT2D eigenvalue weighted by atomic mass is 16.5. The van der Waals surface area contributed by atoms with Gasteiger partial charge in [-0.15, -0.1) is 0 Å². The maximum Gasteiger partial charge on any atom is 0.339 e. The fraction of sp³-hybridized carbons (Fsp3) is 0.261. The molecule has 0 spiro atoms. The van der Waals surface area contributed by atoms with Crippen LogP contribution >= 0.6 is 0 Å². The third-order valence-corrected chi connectivity index (χ3v) is 4.75. The van der Waals surface area contributed by atoms with Crippen LogP contribution in [0.4, 0.5) is 0 Å². The van der Waals surface area contributed by atoms with Crippen LogP contribution in [0.2, 0.25) is 0 Å². The summed E-state index contributed by atoms with van der Waals surface area (Å²) in [7, 11) is 1.43. The first-order chi connectivity index (χ1) is 12.6. The molecule has 3 aromatic rings. The lowest BCUT2D eigenvalue weighted by molar-refractivity contribution is 0.0600. The Labute approximate surface area is 155 Å². The highest BCUT2D eigenvalue weighted by Crippen LogP contribution is 2.23. The first-order valence-electron chi connectivity index (χ1n) is 9.00. The molecule has 0 amide bonds. The van der Waals surface area contributed by atoms with Crippen LogP contribution in [0.3, 0.4) is 0 Å². The summed E-state index contributed by atoms with van der Waals surface area (Å²) in [5.41, 5.74) is 6.30. The molecule has 0 aliphatic rings. The Morgan fingerprint density at radius 2 is 1.54 bits per heavy atom. The Morgan fingerprint density at radius 3 is 2.19 bits per heavy atom. The molecule has 26 heavy (non-hydrogen) atoms. The minimum Gasteiger partial charge on any atom is -0.465 e. The smallest absolute Gasteiger partial charge is 0.339 e. The summed E-state index contributed by atoms with van der Waals surface area (Å²) in [5, 5.41) is 0. The van der Waals surface area contributed by atoms with Crippen LogP contribution in [0.25, 0.3) is 5.69 Å². The summed E-state index contributed by atoms with van der Waals surface area (Å²) in [5.74, 6) is -0.302. The van der Waals surface area contributed by atoms with Gasteiger partial charge in [0, 0.05) is 11.4 Å². The van der Waals surface area contributed by atoms with E-state index in [0.29, 0.717) is 5.56 Å². The van der Waals surface area contributed by atoms with E-state index in [1.165, 1.54) is 18.2 Å². The number of rotatable bonds is 6. The van der Waals surface area contributed by atoms with Crippen molar-refractivity contribution in [2.75, 3.05) is 7.11 Å². The monoisotopic (exact) mass is 347 g/mol. The second-order valence-electron chi connectivity index (χ2n) is 6.63. The fourth-order valence-corrected chi connectivity index (χ4v) is 3.39. The molecule has 1 aromatic heterocycles. The molecule has 0 unspecified atom stereocenters. The lowest BCUT2D eigenvalue weighted by Gasteiger charge is -2.15. The summed E-state index contributed by atoms with van der Waals surface area (Å²) in [6.45, 7) is 4.10. The van der Waals surface area contributed by atoms with Crippen LogP contribution in [0.5, 0.6) is 0 Å². The van der Waals surface area contributed by atoms with Crippen molar-refractivity contribution in [3.63, 3.8) is 0 Å². The van der Waals surface area contributed by atoms with Gasteiger partial charge in [-0.2, -0.15) is 0 Å². The quantitative estimate of drug-likeness (QED) is 0.584. The number of benzene rings is 2. The predicted molar refractivity (Wildman–Crippen MR) is 105 cm³/mol.